The molecule has 1 aromatic heterocycles. The van der Waals surface area contributed by atoms with Gasteiger partial charge in [0.15, 0.2) is 5.58 Å². The van der Waals surface area contributed by atoms with E-state index in [1.54, 1.807) is 0 Å². The van der Waals surface area contributed by atoms with Crippen molar-refractivity contribution in [2.75, 3.05) is 31.6 Å². The number of fused-ring (bicyclic) bond motifs is 1. The van der Waals surface area contributed by atoms with Crippen LogP contribution in [0.15, 0.2) is 52.9 Å². The highest BCUT2D eigenvalue weighted by atomic mass is 16.5. The summed E-state index contributed by atoms with van der Waals surface area (Å²) in [6, 6.07) is 16.4. The minimum absolute atomic E-state index is 0.0447. The van der Waals surface area contributed by atoms with Crippen molar-refractivity contribution in [2.24, 2.45) is 5.92 Å². The third-order valence-electron chi connectivity index (χ3n) is 5.43. The van der Waals surface area contributed by atoms with Crippen LogP contribution in [0.4, 0.5) is 6.01 Å². The first-order valence-corrected chi connectivity index (χ1v) is 10.2. The van der Waals surface area contributed by atoms with E-state index in [1.807, 2.05) is 67.4 Å². The number of carbonyl (C=O) groups excluding carboxylic acids is 1. The van der Waals surface area contributed by atoms with Gasteiger partial charge in [-0.1, -0.05) is 24.3 Å². The molecule has 1 saturated heterocycles. The van der Waals surface area contributed by atoms with Gasteiger partial charge in [0.05, 0.1) is 6.61 Å². The van der Waals surface area contributed by atoms with E-state index in [-0.39, 0.29) is 11.8 Å². The van der Waals surface area contributed by atoms with Crippen LogP contribution in [-0.2, 0) is 11.3 Å². The molecule has 0 radical (unpaired) electrons. The largest absolute Gasteiger partial charge is 0.494 e. The van der Waals surface area contributed by atoms with Crippen LogP contribution in [0.5, 0.6) is 5.75 Å². The Labute approximate surface area is 171 Å². The number of anilines is 1. The maximum Gasteiger partial charge on any atom is 0.298 e. The molecule has 2 aromatic carbocycles. The van der Waals surface area contributed by atoms with Crippen molar-refractivity contribution in [3.8, 4) is 5.75 Å². The maximum absolute atomic E-state index is 12.9. The van der Waals surface area contributed by atoms with Gasteiger partial charge in [0.2, 0.25) is 5.91 Å². The fraction of sp³-hybridized carbons (Fsp3) is 0.391. The first-order chi connectivity index (χ1) is 14.1. The molecule has 0 spiro atoms. The maximum atomic E-state index is 12.9. The molecule has 6 heteroatoms. The number of oxazole rings is 1. The molecule has 1 amide bonds. The van der Waals surface area contributed by atoms with Gasteiger partial charge in [0, 0.05) is 32.6 Å². The summed E-state index contributed by atoms with van der Waals surface area (Å²) < 4.78 is 11.3. The lowest BCUT2D eigenvalue weighted by atomic mass is 9.95. The Kier molecular flexibility index (Phi) is 5.69. The normalized spacial score (nSPS) is 14.9. The fourth-order valence-electron chi connectivity index (χ4n) is 3.83. The number of piperidine rings is 1. The Bertz CT molecular complexity index is 926. The highest BCUT2D eigenvalue weighted by Crippen LogP contribution is 2.27. The molecule has 1 fully saturated rings. The van der Waals surface area contributed by atoms with E-state index in [0.29, 0.717) is 19.2 Å². The van der Waals surface area contributed by atoms with Crippen molar-refractivity contribution in [1.82, 2.24) is 9.88 Å². The first-order valence-electron chi connectivity index (χ1n) is 10.2. The average molecular weight is 393 g/mol. The SMILES string of the molecule is CCOc1ccc(CN(C)C(=O)C2CCN(c3nc4ccccc4o3)CC2)cc1. The molecule has 4 rings (SSSR count). The van der Waals surface area contributed by atoms with E-state index < -0.39 is 0 Å². The number of para-hydroxylation sites is 2. The Hall–Kier alpha value is -3.02. The molecule has 0 saturated carbocycles. The van der Waals surface area contributed by atoms with E-state index in [0.717, 1.165) is 48.3 Å². The molecule has 0 N–H and O–H groups in total. The van der Waals surface area contributed by atoms with Gasteiger partial charge in [0.25, 0.3) is 6.01 Å². The number of benzene rings is 2. The summed E-state index contributed by atoms with van der Waals surface area (Å²) in [5.74, 6) is 1.11. The smallest absolute Gasteiger partial charge is 0.298 e. The van der Waals surface area contributed by atoms with Crippen molar-refractivity contribution in [3.05, 3.63) is 54.1 Å². The standard InChI is InChI=1S/C23H27N3O3/c1-3-28-19-10-8-17(9-11-19)16-25(2)22(27)18-12-14-26(15-13-18)23-24-20-6-4-5-7-21(20)29-23/h4-11,18H,3,12-16H2,1-2H3. The molecule has 2 heterocycles. The van der Waals surface area contributed by atoms with Gasteiger partial charge in [-0.25, -0.2) is 0 Å². The van der Waals surface area contributed by atoms with Crippen LogP contribution in [0, 0.1) is 5.92 Å². The topological polar surface area (TPSA) is 58.8 Å². The van der Waals surface area contributed by atoms with E-state index in [4.69, 9.17) is 9.15 Å². The third kappa shape index (κ3) is 4.36. The van der Waals surface area contributed by atoms with E-state index >= 15 is 0 Å². The second kappa shape index (κ2) is 8.55. The van der Waals surface area contributed by atoms with Gasteiger partial charge < -0.3 is 19.0 Å². The Balaban J connectivity index is 1.32. The second-order valence-corrected chi connectivity index (χ2v) is 7.50. The van der Waals surface area contributed by atoms with Gasteiger partial charge >= 0.3 is 0 Å². The second-order valence-electron chi connectivity index (χ2n) is 7.50. The quantitative estimate of drug-likeness (QED) is 0.631. The van der Waals surface area contributed by atoms with Gasteiger partial charge in [-0.05, 0) is 49.6 Å². The molecular formula is C23H27N3O3. The summed E-state index contributed by atoms with van der Waals surface area (Å²) in [5, 5.41) is 0. The summed E-state index contributed by atoms with van der Waals surface area (Å²) in [6.45, 7) is 4.78. The molecular weight excluding hydrogens is 366 g/mol. The number of rotatable bonds is 6. The molecule has 152 valence electrons. The van der Waals surface area contributed by atoms with Crippen molar-refractivity contribution in [1.29, 1.82) is 0 Å². The molecule has 3 aromatic rings. The monoisotopic (exact) mass is 393 g/mol. The molecule has 0 unspecified atom stereocenters. The lowest BCUT2D eigenvalue weighted by Gasteiger charge is -2.32. The number of aromatic nitrogens is 1. The molecule has 1 aliphatic rings. The van der Waals surface area contributed by atoms with E-state index in [9.17, 15) is 4.79 Å². The van der Waals surface area contributed by atoms with Crippen LogP contribution in [0.1, 0.15) is 25.3 Å². The van der Waals surface area contributed by atoms with Gasteiger partial charge in [-0.3, -0.25) is 4.79 Å². The zero-order valence-corrected chi connectivity index (χ0v) is 17.0. The number of hydrogen-bond acceptors (Lipinski definition) is 5. The van der Waals surface area contributed by atoms with E-state index in [2.05, 4.69) is 9.88 Å². The van der Waals surface area contributed by atoms with Crippen LogP contribution >= 0.6 is 0 Å². The third-order valence-corrected chi connectivity index (χ3v) is 5.43. The van der Waals surface area contributed by atoms with Crippen molar-refractivity contribution >= 4 is 23.0 Å². The van der Waals surface area contributed by atoms with Crippen molar-refractivity contribution in [3.63, 3.8) is 0 Å². The van der Waals surface area contributed by atoms with Crippen molar-refractivity contribution in [2.45, 2.75) is 26.3 Å². The summed E-state index contributed by atoms with van der Waals surface area (Å²) in [6.07, 6.45) is 1.62. The first kappa shape index (κ1) is 19.3. The van der Waals surface area contributed by atoms with Crippen LogP contribution in [0.2, 0.25) is 0 Å². The number of amides is 1. The number of hydrogen-bond donors (Lipinski definition) is 0. The molecule has 0 bridgehead atoms. The zero-order chi connectivity index (χ0) is 20.2. The molecule has 0 atom stereocenters. The number of carbonyl (C=O) groups is 1. The predicted octanol–water partition coefficient (Wildman–Crippen LogP) is 4.10. The van der Waals surface area contributed by atoms with Gasteiger partial charge in [-0.15, -0.1) is 0 Å². The minimum Gasteiger partial charge on any atom is -0.494 e. The highest BCUT2D eigenvalue weighted by molar-refractivity contribution is 5.79. The molecule has 6 nitrogen and oxygen atoms in total. The van der Waals surface area contributed by atoms with Crippen LogP contribution in [-0.4, -0.2) is 42.5 Å². The van der Waals surface area contributed by atoms with Gasteiger partial charge in [0.1, 0.15) is 11.3 Å². The Morgan fingerprint density at radius 3 is 2.59 bits per heavy atom. The predicted molar refractivity (Wildman–Crippen MR) is 113 cm³/mol. The fourth-order valence-corrected chi connectivity index (χ4v) is 3.83. The summed E-state index contributed by atoms with van der Waals surface area (Å²) in [5.41, 5.74) is 2.78. The minimum atomic E-state index is 0.0447. The highest BCUT2D eigenvalue weighted by Gasteiger charge is 2.29. The lowest BCUT2D eigenvalue weighted by Crippen LogP contribution is -2.41. The van der Waals surface area contributed by atoms with Crippen LogP contribution in [0.25, 0.3) is 11.1 Å². The molecule has 29 heavy (non-hydrogen) atoms. The van der Waals surface area contributed by atoms with Gasteiger partial charge in [-0.2, -0.15) is 4.98 Å². The van der Waals surface area contributed by atoms with Crippen molar-refractivity contribution < 1.29 is 13.9 Å². The van der Waals surface area contributed by atoms with E-state index in [1.165, 1.54) is 0 Å². The lowest BCUT2D eigenvalue weighted by molar-refractivity contribution is -0.135. The molecule has 0 aliphatic carbocycles. The summed E-state index contributed by atoms with van der Waals surface area (Å²) >= 11 is 0. The number of nitrogens with zero attached hydrogens (tertiary/aromatic N) is 3. The average Bonchev–Trinajstić information content (AvgIpc) is 3.19. The molecule has 1 aliphatic heterocycles. The number of ether oxygens (including phenoxy) is 1. The summed E-state index contributed by atoms with van der Waals surface area (Å²) in [4.78, 5) is 21.4. The van der Waals surface area contributed by atoms with Crippen LogP contribution < -0.4 is 9.64 Å². The Morgan fingerprint density at radius 2 is 1.90 bits per heavy atom. The summed E-state index contributed by atoms with van der Waals surface area (Å²) in [7, 11) is 1.88. The Morgan fingerprint density at radius 1 is 1.17 bits per heavy atom. The zero-order valence-electron chi connectivity index (χ0n) is 17.0. The van der Waals surface area contributed by atoms with Crippen LogP contribution in [0.3, 0.4) is 0 Å².